The van der Waals surface area contributed by atoms with E-state index in [0.29, 0.717) is 0 Å². The summed E-state index contributed by atoms with van der Waals surface area (Å²) < 4.78 is 33.9. The van der Waals surface area contributed by atoms with Crippen molar-refractivity contribution in [3.05, 3.63) is 60.8 Å². The summed E-state index contributed by atoms with van der Waals surface area (Å²) in [4.78, 5) is 16.0. The average molecular weight is 373 g/mol. The summed E-state index contributed by atoms with van der Waals surface area (Å²) in [5.41, 5.74) is 0.924. The molecule has 2 aromatic heterocycles. The fraction of sp³-hybridized carbons (Fsp3) is 0.125. The number of carbonyl (C=O) groups is 1. The van der Waals surface area contributed by atoms with Crippen molar-refractivity contribution in [2.24, 2.45) is 0 Å². The third kappa shape index (κ3) is 3.70. The molecule has 2 heterocycles. The topological polar surface area (TPSA) is 116 Å². The van der Waals surface area contributed by atoms with Crippen LogP contribution >= 0.6 is 0 Å². The highest BCUT2D eigenvalue weighted by atomic mass is 32.2. The maximum absolute atomic E-state index is 12.5. The van der Waals surface area contributed by atoms with Crippen LogP contribution in [0.1, 0.15) is 17.3 Å². The number of rotatable bonds is 6. The molecule has 0 unspecified atom stereocenters. The van der Waals surface area contributed by atoms with Crippen LogP contribution in [0.2, 0.25) is 0 Å². The number of nitrogens with one attached hydrogen (secondary N) is 1. The number of sulfonamides is 1. The molecular formula is C16H15N5O4S. The predicted molar refractivity (Wildman–Crippen MR) is 91.4 cm³/mol. The minimum absolute atomic E-state index is 0.0572. The van der Waals surface area contributed by atoms with Crippen LogP contribution < -0.4 is 9.46 Å². The standard InChI is InChI=1S/C16H15N5O4S/c1-2-25-16-14(4-3-9-17-16)26(23,24)20-15(22)12-5-7-13(8-6-12)21-10-18-19-11-21/h3-11H,2H2,1H3,(H,20,22). The number of hydrogen-bond donors (Lipinski definition) is 1. The monoisotopic (exact) mass is 373 g/mol. The molecule has 1 amide bonds. The summed E-state index contributed by atoms with van der Waals surface area (Å²) in [6.07, 6.45) is 4.43. The number of hydrogen-bond acceptors (Lipinski definition) is 7. The van der Waals surface area contributed by atoms with Crippen LogP contribution in [-0.4, -0.2) is 40.7 Å². The Bertz CT molecular complexity index is 1000. The maximum atomic E-state index is 12.5. The molecule has 3 aromatic rings. The van der Waals surface area contributed by atoms with Crippen LogP contribution in [0.15, 0.2) is 60.1 Å². The van der Waals surface area contributed by atoms with Crippen molar-refractivity contribution in [2.45, 2.75) is 11.8 Å². The lowest BCUT2D eigenvalue weighted by Crippen LogP contribution is -2.31. The highest BCUT2D eigenvalue weighted by Crippen LogP contribution is 2.20. The van der Waals surface area contributed by atoms with Gasteiger partial charge in [0, 0.05) is 17.4 Å². The van der Waals surface area contributed by atoms with Crippen molar-refractivity contribution in [2.75, 3.05) is 6.61 Å². The number of pyridine rings is 1. The van der Waals surface area contributed by atoms with Crippen LogP contribution in [-0.2, 0) is 10.0 Å². The molecule has 1 N–H and O–H groups in total. The minimum Gasteiger partial charge on any atom is -0.477 e. The molecular weight excluding hydrogens is 358 g/mol. The lowest BCUT2D eigenvalue weighted by molar-refractivity contribution is 0.0981. The molecule has 0 atom stereocenters. The fourth-order valence-corrected chi connectivity index (χ4v) is 3.25. The second kappa shape index (κ2) is 7.31. The summed E-state index contributed by atoms with van der Waals surface area (Å²) >= 11 is 0. The molecule has 0 aliphatic rings. The third-order valence-electron chi connectivity index (χ3n) is 3.38. The Morgan fingerprint density at radius 3 is 2.50 bits per heavy atom. The van der Waals surface area contributed by atoms with E-state index in [9.17, 15) is 13.2 Å². The zero-order chi connectivity index (χ0) is 18.6. The van der Waals surface area contributed by atoms with Gasteiger partial charge in [-0.2, -0.15) is 0 Å². The summed E-state index contributed by atoms with van der Waals surface area (Å²) in [7, 11) is -4.13. The highest BCUT2D eigenvalue weighted by Gasteiger charge is 2.23. The van der Waals surface area contributed by atoms with Crippen molar-refractivity contribution >= 4 is 15.9 Å². The van der Waals surface area contributed by atoms with Crippen LogP contribution in [0.3, 0.4) is 0 Å². The quantitative estimate of drug-likeness (QED) is 0.689. The second-order valence-corrected chi connectivity index (χ2v) is 6.74. The molecule has 26 heavy (non-hydrogen) atoms. The van der Waals surface area contributed by atoms with Crippen molar-refractivity contribution < 1.29 is 17.9 Å². The first-order chi connectivity index (χ1) is 12.5. The Hall–Kier alpha value is -3.27. The summed E-state index contributed by atoms with van der Waals surface area (Å²) in [5.74, 6) is -0.815. The number of ether oxygens (including phenoxy) is 1. The van der Waals surface area contributed by atoms with Crippen LogP contribution in [0.4, 0.5) is 0 Å². The minimum atomic E-state index is -4.13. The van der Waals surface area contributed by atoms with E-state index in [4.69, 9.17) is 4.74 Å². The molecule has 0 bridgehead atoms. The van der Waals surface area contributed by atoms with Crippen molar-refractivity contribution in [3.8, 4) is 11.6 Å². The molecule has 3 rings (SSSR count). The number of benzene rings is 1. The molecule has 9 nitrogen and oxygen atoms in total. The molecule has 10 heteroatoms. The second-order valence-electron chi connectivity index (χ2n) is 5.09. The van der Waals surface area contributed by atoms with Gasteiger partial charge in [0.1, 0.15) is 17.6 Å². The number of aromatic nitrogens is 4. The van der Waals surface area contributed by atoms with Gasteiger partial charge < -0.3 is 4.74 Å². The lowest BCUT2D eigenvalue weighted by Gasteiger charge is -2.11. The Morgan fingerprint density at radius 2 is 1.85 bits per heavy atom. The smallest absolute Gasteiger partial charge is 0.269 e. The van der Waals surface area contributed by atoms with Crippen molar-refractivity contribution in [1.29, 1.82) is 0 Å². The SMILES string of the molecule is CCOc1ncccc1S(=O)(=O)NC(=O)c1ccc(-n2cnnc2)cc1. The summed E-state index contributed by atoms with van der Waals surface area (Å²) in [5, 5.41) is 7.40. The van der Waals surface area contributed by atoms with Gasteiger partial charge in [-0.25, -0.2) is 18.1 Å². The predicted octanol–water partition coefficient (Wildman–Crippen LogP) is 1.18. The third-order valence-corrected chi connectivity index (χ3v) is 4.72. The van der Waals surface area contributed by atoms with Crippen molar-refractivity contribution in [3.63, 3.8) is 0 Å². The highest BCUT2D eigenvalue weighted by molar-refractivity contribution is 7.90. The molecule has 0 saturated carbocycles. The average Bonchev–Trinajstić information content (AvgIpc) is 3.17. The van der Waals surface area contributed by atoms with Crippen LogP contribution in [0, 0.1) is 0 Å². The van der Waals surface area contributed by atoms with E-state index in [0.717, 1.165) is 5.69 Å². The van der Waals surface area contributed by atoms with E-state index in [1.165, 1.54) is 43.1 Å². The van der Waals surface area contributed by atoms with E-state index < -0.39 is 15.9 Å². The van der Waals surface area contributed by atoms with E-state index in [2.05, 4.69) is 15.2 Å². The van der Waals surface area contributed by atoms with E-state index in [-0.39, 0.29) is 22.9 Å². The van der Waals surface area contributed by atoms with Gasteiger partial charge in [-0.3, -0.25) is 9.36 Å². The van der Waals surface area contributed by atoms with Gasteiger partial charge in [0.25, 0.3) is 15.9 Å². The molecule has 0 aliphatic heterocycles. The van der Waals surface area contributed by atoms with Gasteiger partial charge >= 0.3 is 0 Å². The Balaban J connectivity index is 1.81. The zero-order valence-corrected chi connectivity index (χ0v) is 14.5. The molecule has 134 valence electrons. The molecule has 0 spiro atoms. The van der Waals surface area contributed by atoms with E-state index in [1.54, 1.807) is 23.6 Å². The van der Waals surface area contributed by atoms with E-state index in [1.807, 2.05) is 4.72 Å². The Kier molecular flexibility index (Phi) is 4.94. The summed E-state index contributed by atoms with van der Waals surface area (Å²) in [6.45, 7) is 1.96. The van der Waals surface area contributed by atoms with Gasteiger partial charge in [0.15, 0.2) is 0 Å². The fourth-order valence-electron chi connectivity index (χ4n) is 2.18. The van der Waals surface area contributed by atoms with Gasteiger partial charge in [-0.05, 0) is 43.3 Å². The Morgan fingerprint density at radius 1 is 1.15 bits per heavy atom. The first-order valence-electron chi connectivity index (χ1n) is 7.61. The number of nitrogens with zero attached hydrogens (tertiary/aromatic N) is 4. The first kappa shape index (κ1) is 17.5. The Labute approximate surface area is 149 Å². The van der Waals surface area contributed by atoms with Crippen LogP contribution in [0.5, 0.6) is 5.88 Å². The van der Waals surface area contributed by atoms with E-state index >= 15 is 0 Å². The summed E-state index contributed by atoms with van der Waals surface area (Å²) in [6, 6.07) is 9.10. The van der Waals surface area contributed by atoms with Gasteiger partial charge in [-0.15, -0.1) is 10.2 Å². The molecule has 1 aromatic carbocycles. The largest absolute Gasteiger partial charge is 0.477 e. The van der Waals surface area contributed by atoms with Gasteiger partial charge in [0.2, 0.25) is 5.88 Å². The number of carbonyl (C=O) groups excluding carboxylic acids is 1. The number of amides is 1. The van der Waals surface area contributed by atoms with Gasteiger partial charge in [0.05, 0.1) is 6.61 Å². The first-order valence-corrected chi connectivity index (χ1v) is 9.09. The van der Waals surface area contributed by atoms with Crippen LogP contribution in [0.25, 0.3) is 5.69 Å². The lowest BCUT2D eigenvalue weighted by atomic mass is 10.2. The molecule has 0 saturated heterocycles. The normalized spacial score (nSPS) is 11.1. The maximum Gasteiger partial charge on any atom is 0.269 e. The molecule has 0 aliphatic carbocycles. The zero-order valence-electron chi connectivity index (χ0n) is 13.7. The molecule has 0 radical (unpaired) electrons. The van der Waals surface area contributed by atoms with Crippen molar-refractivity contribution in [1.82, 2.24) is 24.5 Å². The molecule has 0 fully saturated rings. The van der Waals surface area contributed by atoms with Gasteiger partial charge in [-0.1, -0.05) is 0 Å².